The number of para-hydroxylation sites is 3. The summed E-state index contributed by atoms with van der Waals surface area (Å²) in [5.41, 5.74) is 1.65. The zero-order chi connectivity index (χ0) is 23.5. The average Bonchev–Trinajstić information content (AvgIpc) is 2.86. The third kappa shape index (κ3) is 4.18. The van der Waals surface area contributed by atoms with Gasteiger partial charge >= 0.3 is 0 Å². The minimum Gasteiger partial charge on any atom is -0.507 e. The highest BCUT2D eigenvalue weighted by molar-refractivity contribution is 5.84. The van der Waals surface area contributed by atoms with Crippen LogP contribution in [0.2, 0.25) is 0 Å². The van der Waals surface area contributed by atoms with Crippen molar-refractivity contribution < 1.29 is 14.9 Å². The second-order valence-corrected chi connectivity index (χ2v) is 9.24. The summed E-state index contributed by atoms with van der Waals surface area (Å²) in [5.74, 6) is 1.82. The Hall–Kier alpha value is -3.60. The smallest absolute Gasteiger partial charge is 0.205 e. The summed E-state index contributed by atoms with van der Waals surface area (Å²) in [5, 5.41) is 20.6. The van der Waals surface area contributed by atoms with Crippen molar-refractivity contribution in [1.82, 2.24) is 0 Å². The fourth-order valence-corrected chi connectivity index (χ4v) is 5.26. The lowest BCUT2D eigenvalue weighted by atomic mass is 9.68. The van der Waals surface area contributed by atoms with Crippen LogP contribution >= 0.6 is 0 Å². The van der Waals surface area contributed by atoms with Crippen molar-refractivity contribution in [2.24, 2.45) is 21.8 Å². The molecule has 1 fully saturated rings. The number of rotatable bonds is 5. The van der Waals surface area contributed by atoms with Gasteiger partial charge in [-0.2, -0.15) is 0 Å². The van der Waals surface area contributed by atoms with Gasteiger partial charge in [0.05, 0.1) is 6.04 Å². The molecular formula is C29H30N2O3. The number of phenolic OH excluding ortho intramolecular Hbond substituents is 2. The molecule has 0 bridgehead atoms. The number of nitrogens with zero attached hydrogens (tertiary/aromatic N) is 2. The van der Waals surface area contributed by atoms with Crippen molar-refractivity contribution in [2.45, 2.75) is 44.4 Å². The van der Waals surface area contributed by atoms with Crippen LogP contribution in [0.4, 0.5) is 0 Å². The molecule has 174 valence electrons. The molecule has 1 saturated carbocycles. The van der Waals surface area contributed by atoms with Gasteiger partial charge in [0.15, 0.2) is 0 Å². The highest BCUT2D eigenvalue weighted by Crippen LogP contribution is 2.54. The van der Waals surface area contributed by atoms with Crippen LogP contribution in [-0.4, -0.2) is 28.4 Å². The number of fused-ring (bicyclic) bond motifs is 2. The van der Waals surface area contributed by atoms with E-state index >= 15 is 0 Å². The number of hydrogen-bond donors (Lipinski definition) is 2. The normalized spacial score (nSPS) is 26.2. The molecule has 0 amide bonds. The van der Waals surface area contributed by atoms with Crippen LogP contribution in [0.25, 0.3) is 0 Å². The van der Waals surface area contributed by atoms with Gasteiger partial charge in [-0.05, 0) is 49.1 Å². The van der Waals surface area contributed by atoms with E-state index in [0.29, 0.717) is 17.0 Å². The fraction of sp³-hybridized carbons (Fsp3) is 0.310. The Kier molecular flexibility index (Phi) is 6.10. The van der Waals surface area contributed by atoms with Crippen LogP contribution in [-0.2, 0) is 0 Å². The van der Waals surface area contributed by atoms with E-state index in [1.54, 1.807) is 30.6 Å². The maximum atomic E-state index is 10.3. The van der Waals surface area contributed by atoms with Gasteiger partial charge in [-0.25, -0.2) is 4.99 Å². The van der Waals surface area contributed by atoms with Crippen molar-refractivity contribution >= 4 is 12.4 Å². The van der Waals surface area contributed by atoms with E-state index in [4.69, 9.17) is 14.7 Å². The van der Waals surface area contributed by atoms with Crippen LogP contribution in [0.1, 0.15) is 55.3 Å². The summed E-state index contributed by atoms with van der Waals surface area (Å²) in [6.07, 6.45) is 7.39. The van der Waals surface area contributed by atoms with Crippen molar-refractivity contribution in [2.75, 3.05) is 0 Å². The lowest BCUT2D eigenvalue weighted by Crippen LogP contribution is -2.51. The van der Waals surface area contributed by atoms with Gasteiger partial charge in [0.2, 0.25) is 5.72 Å². The molecule has 2 aliphatic rings. The summed E-state index contributed by atoms with van der Waals surface area (Å²) in [7, 11) is 0. The van der Waals surface area contributed by atoms with Gasteiger partial charge < -0.3 is 14.9 Å². The van der Waals surface area contributed by atoms with Gasteiger partial charge in [0.25, 0.3) is 0 Å². The van der Waals surface area contributed by atoms with Gasteiger partial charge in [-0.15, -0.1) is 0 Å². The quantitative estimate of drug-likeness (QED) is 0.445. The van der Waals surface area contributed by atoms with E-state index < -0.39 is 5.72 Å². The molecule has 3 aromatic rings. The molecule has 4 atom stereocenters. The Balaban J connectivity index is 1.60. The predicted octanol–water partition coefficient (Wildman–Crippen LogP) is 6.29. The number of ether oxygens (including phenoxy) is 1. The van der Waals surface area contributed by atoms with Crippen LogP contribution in [0.3, 0.4) is 0 Å². The van der Waals surface area contributed by atoms with E-state index in [1.807, 2.05) is 48.5 Å². The summed E-state index contributed by atoms with van der Waals surface area (Å²) < 4.78 is 6.68. The SMILES string of the molecule is CCC1CCC2(/N=C/c3ccccc3O)Oc3ccccc3C(N=Cc3ccccc3O)C2C1. The van der Waals surface area contributed by atoms with Crippen LogP contribution < -0.4 is 4.74 Å². The lowest BCUT2D eigenvalue weighted by Gasteiger charge is -2.49. The Morgan fingerprint density at radius 2 is 1.56 bits per heavy atom. The molecule has 0 aromatic heterocycles. The molecule has 3 aromatic carbocycles. The van der Waals surface area contributed by atoms with E-state index in [-0.39, 0.29) is 23.5 Å². The number of aliphatic imine (C=N–C) groups is 2. The number of aromatic hydroxyl groups is 2. The summed E-state index contributed by atoms with van der Waals surface area (Å²) in [4.78, 5) is 10.1. The monoisotopic (exact) mass is 454 g/mol. The number of benzene rings is 3. The first-order valence-corrected chi connectivity index (χ1v) is 12.0. The minimum atomic E-state index is -0.761. The standard InChI is InChI=1S/C29H30N2O3/c1-2-20-15-16-29(31-19-22-10-4-7-13-26(22)33)24(17-20)28(23-11-5-8-14-27(23)34-29)30-18-21-9-3-6-12-25(21)32/h3-14,18-20,24,28,32-33H,2,15-17H2,1H3/b30-18?,31-19+. The zero-order valence-electron chi connectivity index (χ0n) is 19.3. The van der Waals surface area contributed by atoms with E-state index in [1.165, 1.54) is 0 Å². The molecule has 34 heavy (non-hydrogen) atoms. The molecule has 0 radical (unpaired) electrons. The van der Waals surface area contributed by atoms with Gasteiger partial charge in [-0.3, -0.25) is 4.99 Å². The van der Waals surface area contributed by atoms with Crippen LogP contribution in [0.15, 0.2) is 82.8 Å². The molecular weight excluding hydrogens is 424 g/mol. The largest absolute Gasteiger partial charge is 0.507 e. The molecule has 0 spiro atoms. The number of hydrogen-bond acceptors (Lipinski definition) is 5. The van der Waals surface area contributed by atoms with E-state index in [2.05, 4.69) is 13.0 Å². The summed E-state index contributed by atoms with van der Waals surface area (Å²) in [6.45, 7) is 2.24. The second kappa shape index (κ2) is 9.34. The third-order valence-electron chi connectivity index (χ3n) is 7.23. The molecule has 0 saturated heterocycles. The predicted molar refractivity (Wildman–Crippen MR) is 135 cm³/mol. The Morgan fingerprint density at radius 3 is 2.26 bits per heavy atom. The first kappa shape index (κ1) is 22.2. The van der Waals surface area contributed by atoms with Crippen LogP contribution in [0.5, 0.6) is 17.2 Å². The Labute approximate surface area is 200 Å². The molecule has 1 aliphatic heterocycles. The summed E-state index contributed by atoms with van der Waals surface area (Å²) in [6, 6.07) is 22.4. The third-order valence-corrected chi connectivity index (χ3v) is 7.23. The van der Waals surface area contributed by atoms with Gasteiger partial charge in [-0.1, -0.05) is 55.8 Å². The first-order chi connectivity index (χ1) is 16.6. The maximum Gasteiger partial charge on any atom is 0.205 e. The summed E-state index contributed by atoms with van der Waals surface area (Å²) >= 11 is 0. The lowest BCUT2D eigenvalue weighted by molar-refractivity contribution is -0.0575. The minimum absolute atomic E-state index is 0.0327. The molecule has 5 nitrogen and oxygen atoms in total. The van der Waals surface area contributed by atoms with Crippen molar-refractivity contribution in [3.05, 3.63) is 89.5 Å². The van der Waals surface area contributed by atoms with Crippen molar-refractivity contribution in [3.63, 3.8) is 0 Å². The maximum absolute atomic E-state index is 10.3. The van der Waals surface area contributed by atoms with E-state index in [9.17, 15) is 10.2 Å². The molecule has 5 heteroatoms. The topological polar surface area (TPSA) is 74.4 Å². The Morgan fingerprint density at radius 1 is 0.912 bits per heavy atom. The molecule has 5 rings (SSSR count). The van der Waals surface area contributed by atoms with E-state index in [0.717, 1.165) is 37.0 Å². The molecule has 4 unspecified atom stereocenters. The highest BCUT2D eigenvalue weighted by Gasteiger charge is 2.52. The molecule has 1 aliphatic carbocycles. The molecule has 1 heterocycles. The second-order valence-electron chi connectivity index (χ2n) is 9.24. The van der Waals surface area contributed by atoms with Gasteiger partial charge in [0, 0.05) is 41.5 Å². The Bertz CT molecular complexity index is 1220. The zero-order valence-corrected chi connectivity index (χ0v) is 19.3. The fourth-order valence-electron chi connectivity index (χ4n) is 5.26. The highest BCUT2D eigenvalue weighted by atomic mass is 16.5. The van der Waals surface area contributed by atoms with Crippen molar-refractivity contribution in [1.29, 1.82) is 0 Å². The van der Waals surface area contributed by atoms with Crippen LogP contribution in [0, 0.1) is 11.8 Å². The average molecular weight is 455 g/mol. The first-order valence-electron chi connectivity index (χ1n) is 12.0. The number of phenols is 2. The van der Waals surface area contributed by atoms with Crippen molar-refractivity contribution in [3.8, 4) is 17.2 Å². The van der Waals surface area contributed by atoms with Gasteiger partial charge in [0.1, 0.15) is 17.2 Å². The molecule has 2 N–H and O–H groups in total.